The molecule has 0 bridgehead atoms. The van der Waals surface area contributed by atoms with Crippen molar-refractivity contribution in [2.45, 2.75) is 19.8 Å². The monoisotopic (exact) mass is 218 g/mol. The number of hydrogen-bond acceptors (Lipinski definition) is 3. The number of aldehydes is 1. The van der Waals surface area contributed by atoms with Crippen LogP contribution in [0.3, 0.4) is 0 Å². The van der Waals surface area contributed by atoms with Crippen molar-refractivity contribution in [3.8, 4) is 0 Å². The van der Waals surface area contributed by atoms with Gasteiger partial charge in [0.25, 0.3) is 0 Å². The van der Waals surface area contributed by atoms with Gasteiger partial charge in [-0.2, -0.15) is 0 Å². The highest BCUT2D eigenvalue weighted by atomic mass is 16.5. The van der Waals surface area contributed by atoms with Gasteiger partial charge in [0.2, 0.25) is 0 Å². The first-order valence-electron chi connectivity index (χ1n) is 5.48. The molecule has 84 valence electrons. The summed E-state index contributed by atoms with van der Waals surface area (Å²) >= 11 is 0. The lowest BCUT2D eigenvalue weighted by Gasteiger charge is -2.06. The molecule has 0 fully saturated rings. The van der Waals surface area contributed by atoms with E-state index >= 15 is 0 Å². The smallest absolute Gasteiger partial charge is 0.309 e. The normalized spacial score (nSPS) is 17.9. The number of carbonyl (C=O) groups excluding carboxylic acids is 2. The van der Waals surface area contributed by atoms with Crippen LogP contribution in [0, 0.1) is 5.92 Å². The number of hydrogen-bond donors (Lipinski definition) is 0. The van der Waals surface area contributed by atoms with Crippen molar-refractivity contribution in [1.82, 2.24) is 0 Å². The minimum absolute atomic E-state index is 0.0724. The Hall–Kier alpha value is -1.64. The van der Waals surface area contributed by atoms with Crippen molar-refractivity contribution in [3.63, 3.8) is 0 Å². The van der Waals surface area contributed by atoms with Crippen LogP contribution in [0.1, 0.15) is 28.4 Å². The van der Waals surface area contributed by atoms with E-state index in [1.165, 1.54) is 0 Å². The summed E-state index contributed by atoms with van der Waals surface area (Å²) in [5.74, 6) is -0.205. The first kappa shape index (κ1) is 10.9. The molecule has 1 aromatic carbocycles. The van der Waals surface area contributed by atoms with Crippen LogP contribution in [-0.4, -0.2) is 18.9 Å². The van der Waals surface area contributed by atoms with E-state index in [-0.39, 0.29) is 11.9 Å². The predicted octanol–water partition coefficient (Wildman–Crippen LogP) is 1.78. The maximum Gasteiger partial charge on any atom is 0.309 e. The molecule has 0 unspecified atom stereocenters. The second-order valence-electron chi connectivity index (χ2n) is 4.00. The zero-order chi connectivity index (χ0) is 11.5. The molecule has 3 nitrogen and oxygen atoms in total. The fraction of sp³-hybridized carbons (Fsp3) is 0.385. The molecule has 0 saturated carbocycles. The minimum atomic E-state index is -0.133. The van der Waals surface area contributed by atoms with Gasteiger partial charge in [-0.25, -0.2) is 0 Å². The highest BCUT2D eigenvalue weighted by molar-refractivity contribution is 5.77. The number of esters is 1. The maximum atomic E-state index is 11.6. The van der Waals surface area contributed by atoms with E-state index in [9.17, 15) is 9.59 Å². The summed E-state index contributed by atoms with van der Waals surface area (Å²) in [6.45, 7) is 2.23. The maximum absolute atomic E-state index is 11.6. The summed E-state index contributed by atoms with van der Waals surface area (Å²) in [6, 6.07) is 5.58. The SMILES string of the molecule is CCOC(=O)[C@H]1Cc2ccc(C=O)cc2C1. The Morgan fingerprint density at radius 2 is 2.19 bits per heavy atom. The van der Waals surface area contributed by atoms with E-state index < -0.39 is 0 Å². The lowest BCUT2D eigenvalue weighted by atomic mass is 10.1. The largest absolute Gasteiger partial charge is 0.466 e. The van der Waals surface area contributed by atoms with Crippen molar-refractivity contribution in [2.24, 2.45) is 5.92 Å². The number of fused-ring (bicyclic) bond motifs is 1. The van der Waals surface area contributed by atoms with Gasteiger partial charge in [-0.1, -0.05) is 12.1 Å². The van der Waals surface area contributed by atoms with Crippen LogP contribution in [0.25, 0.3) is 0 Å². The number of benzene rings is 1. The van der Waals surface area contributed by atoms with Crippen LogP contribution in [0.2, 0.25) is 0 Å². The lowest BCUT2D eigenvalue weighted by Crippen LogP contribution is -2.17. The van der Waals surface area contributed by atoms with Gasteiger partial charge in [-0.05, 0) is 37.0 Å². The summed E-state index contributed by atoms with van der Waals surface area (Å²) < 4.78 is 5.01. The average molecular weight is 218 g/mol. The number of ether oxygens (including phenoxy) is 1. The van der Waals surface area contributed by atoms with Crippen LogP contribution < -0.4 is 0 Å². The van der Waals surface area contributed by atoms with Gasteiger partial charge in [0, 0.05) is 5.56 Å². The van der Waals surface area contributed by atoms with Gasteiger partial charge >= 0.3 is 5.97 Å². The highest BCUT2D eigenvalue weighted by Crippen LogP contribution is 2.28. The third-order valence-electron chi connectivity index (χ3n) is 2.92. The van der Waals surface area contributed by atoms with Gasteiger partial charge in [-0.3, -0.25) is 9.59 Å². The number of rotatable bonds is 3. The molecule has 2 rings (SSSR count). The molecule has 0 amide bonds. The summed E-state index contributed by atoms with van der Waals surface area (Å²) in [7, 11) is 0. The van der Waals surface area contributed by atoms with Crippen molar-refractivity contribution in [1.29, 1.82) is 0 Å². The van der Waals surface area contributed by atoms with Crippen molar-refractivity contribution >= 4 is 12.3 Å². The summed E-state index contributed by atoms with van der Waals surface area (Å²) in [4.78, 5) is 22.2. The minimum Gasteiger partial charge on any atom is -0.466 e. The first-order chi connectivity index (χ1) is 7.74. The Morgan fingerprint density at radius 1 is 1.44 bits per heavy atom. The molecular formula is C13H14O3. The second-order valence-corrected chi connectivity index (χ2v) is 4.00. The Kier molecular flexibility index (Phi) is 3.04. The third-order valence-corrected chi connectivity index (χ3v) is 2.92. The second kappa shape index (κ2) is 4.47. The fourth-order valence-electron chi connectivity index (χ4n) is 2.14. The van der Waals surface area contributed by atoms with E-state index in [0.29, 0.717) is 18.6 Å². The molecule has 0 spiro atoms. The van der Waals surface area contributed by atoms with Gasteiger partial charge < -0.3 is 4.74 Å². The Balaban J connectivity index is 2.14. The molecule has 1 aromatic rings. The molecule has 0 saturated heterocycles. The molecule has 0 radical (unpaired) electrons. The Bertz CT molecular complexity index is 423. The standard InChI is InChI=1S/C13H14O3/c1-2-16-13(15)12-6-10-4-3-9(8-14)5-11(10)7-12/h3-5,8,12H,2,6-7H2,1H3/t12-/m0/s1. The average Bonchev–Trinajstić information content (AvgIpc) is 2.71. The molecule has 0 aromatic heterocycles. The van der Waals surface area contributed by atoms with Crippen LogP contribution in [-0.2, 0) is 22.4 Å². The molecular weight excluding hydrogens is 204 g/mol. The molecule has 3 heteroatoms. The molecule has 1 aliphatic carbocycles. The third kappa shape index (κ3) is 1.98. The summed E-state index contributed by atoms with van der Waals surface area (Å²) in [5, 5.41) is 0. The molecule has 16 heavy (non-hydrogen) atoms. The van der Waals surface area contributed by atoms with E-state index in [2.05, 4.69) is 0 Å². The van der Waals surface area contributed by atoms with Gasteiger partial charge in [0.05, 0.1) is 12.5 Å². The summed E-state index contributed by atoms with van der Waals surface area (Å²) in [6.07, 6.45) is 2.25. The Morgan fingerprint density at radius 3 is 2.88 bits per heavy atom. The number of carbonyl (C=O) groups is 2. The van der Waals surface area contributed by atoms with E-state index in [0.717, 1.165) is 23.8 Å². The fourth-order valence-corrected chi connectivity index (χ4v) is 2.14. The molecule has 0 N–H and O–H groups in total. The predicted molar refractivity (Wildman–Crippen MR) is 59.4 cm³/mol. The van der Waals surface area contributed by atoms with E-state index in [1.807, 2.05) is 19.1 Å². The molecule has 0 heterocycles. The van der Waals surface area contributed by atoms with Crippen molar-refractivity contribution in [2.75, 3.05) is 6.61 Å². The molecule has 0 aliphatic heterocycles. The van der Waals surface area contributed by atoms with Crippen LogP contribution in [0.5, 0.6) is 0 Å². The van der Waals surface area contributed by atoms with Crippen LogP contribution in [0.15, 0.2) is 18.2 Å². The zero-order valence-electron chi connectivity index (χ0n) is 9.23. The van der Waals surface area contributed by atoms with Crippen molar-refractivity contribution < 1.29 is 14.3 Å². The van der Waals surface area contributed by atoms with Gasteiger partial charge in [0.15, 0.2) is 0 Å². The molecule has 1 atom stereocenters. The first-order valence-corrected chi connectivity index (χ1v) is 5.48. The van der Waals surface area contributed by atoms with Crippen molar-refractivity contribution in [3.05, 3.63) is 34.9 Å². The highest BCUT2D eigenvalue weighted by Gasteiger charge is 2.28. The lowest BCUT2D eigenvalue weighted by molar-refractivity contribution is -0.147. The molecule has 1 aliphatic rings. The van der Waals surface area contributed by atoms with Gasteiger partial charge in [0.1, 0.15) is 6.29 Å². The topological polar surface area (TPSA) is 43.4 Å². The van der Waals surface area contributed by atoms with E-state index in [4.69, 9.17) is 4.74 Å². The van der Waals surface area contributed by atoms with E-state index in [1.54, 1.807) is 6.07 Å². The zero-order valence-corrected chi connectivity index (χ0v) is 9.23. The van der Waals surface area contributed by atoms with Crippen LogP contribution >= 0.6 is 0 Å². The van der Waals surface area contributed by atoms with Crippen LogP contribution in [0.4, 0.5) is 0 Å². The Labute approximate surface area is 94.4 Å². The quantitative estimate of drug-likeness (QED) is 0.573. The summed E-state index contributed by atoms with van der Waals surface area (Å²) in [5.41, 5.74) is 2.93. The van der Waals surface area contributed by atoms with Gasteiger partial charge in [-0.15, -0.1) is 0 Å².